The number of carbonyl (C=O) groups is 3. The highest BCUT2D eigenvalue weighted by Gasteiger charge is 2.48. The van der Waals surface area contributed by atoms with E-state index in [1.54, 1.807) is 55.5 Å². The molecule has 1 aromatic heterocycles. The zero-order valence-corrected chi connectivity index (χ0v) is 20.6. The van der Waals surface area contributed by atoms with Crippen molar-refractivity contribution >= 4 is 51.5 Å². The summed E-state index contributed by atoms with van der Waals surface area (Å²) in [4.78, 5) is 44.4. The largest absolute Gasteiger partial charge is 0.507 e. The van der Waals surface area contributed by atoms with Gasteiger partial charge in [-0.2, -0.15) is 0 Å². The van der Waals surface area contributed by atoms with Crippen molar-refractivity contribution in [3.8, 4) is 5.75 Å². The van der Waals surface area contributed by atoms with Gasteiger partial charge >= 0.3 is 11.9 Å². The average Bonchev–Trinajstić information content (AvgIpc) is 3.36. The fourth-order valence-electron chi connectivity index (χ4n) is 3.79. The van der Waals surface area contributed by atoms with Crippen molar-refractivity contribution in [1.82, 2.24) is 4.98 Å². The Morgan fingerprint density at radius 1 is 1.14 bits per heavy atom. The molecule has 1 saturated heterocycles. The van der Waals surface area contributed by atoms with E-state index in [0.717, 1.165) is 11.3 Å². The van der Waals surface area contributed by atoms with Gasteiger partial charge in [0.25, 0.3) is 5.78 Å². The van der Waals surface area contributed by atoms with E-state index < -0.39 is 23.7 Å². The third kappa shape index (κ3) is 4.52. The normalized spacial score (nSPS) is 17.0. The number of amides is 1. The van der Waals surface area contributed by atoms with Gasteiger partial charge in [-0.15, -0.1) is 0 Å². The predicted octanol–water partition coefficient (Wildman–Crippen LogP) is 4.92. The van der Waals surface area contributed by atoms with Crippen molar-refractivity contribution in [3.63, 3.8) is 0 Å². The van der Waals surface area contributed by atoms with E-state index in [0.29, 0.717) is 34.2 Å². The minimum atomic E-state index is -0.991. The Morgan fingerprint density at radius 2 is 1.80 bits per heavy atom. The molecule has 3 aromatic rings. The van der Waals surface area contributed by atoms with Gasteiger partial charge in [-0.25, -0.2) is 9.78 Å². The Kier molecular flexibility index (Phi) is 6.90. The van der Waals surface area contributed by atoms with Crippen LogP contribution in [0, 0.1) is 6.92 Å². The quantitative estimate of drug-likeness (QED) is 0.216. The predicted molar refractivity (Wildman–Crippen MR) is 132 cm³/mol. The number of aryl methyl sites for hydroxylation is 1. The average molecular weight is 513 g/mol. The first-order valence-electron chi connectivity index (χ1n) is 10.6. The number of thiazole rings is 1. The second-order valence-corrected chi connectivity index (χ2v) is 8.99. The summed E-state index contributed by atoms with van der Waals surface area (Å²) in [6.07, 6.45) is 0. The number of Topliss-reactive ketones (excluding diaryl/α,β-unsaturated/α-hetero) is 1. The Morgan fingerprint density at radius 3 is 2.40 bits per heavy atom. The van der Waals surface area contributed by atoms with Crippen molar-refractivity contribution in [2.75, 3.05) is 18.6 Å². The lowest BCUT2D eigenvalue weighted by Gasteiger charge is -2.23. The standard InChI is InChI=1S/C25H21ClN2O6S/c1-4-34-17-11-7-15(8-12-17)20(29)18-19(14-5-9-16(26)10-6-14)28(23(31)21(18)30)25-27-13(2)22(35-25)24(32)33-3/h5-12,19,29H,4H2,1-3H3/b20-18-. The van der Waals surface area contributed by atoms with Crippen LogP contribution in [-0.4, -0.2) is 41.5 Å². The molecule has 10 heteroatoms. The molecular weight excluding hydrogens is 492 g/mol. The number of esters is 1. The first kappa shape index (κ1) is 24.4. The van der Waals surface area contributed by atoms with Crippen molar-refractivity contribution in [1.29, 1.82) is 0 Å². The van der Waals surface area contributed by atoms with E-state index in [-0.39, 0.29) is 21.3 Å². The molecule has 0 bridgehead atoms. The van der Waals surface area contributed by atoms with E-state index in [1.807, 2.05) is 6.92 Å². The van der Waals surface area contributed by atoms with Crippen LogP contribution in [0.4, 0.5) is 5.13 Å². The molecule has 1 aliphatic rings. The number of ether oxygens (including phenoxy) is 2. The van der Waals surface area contributed by atoms with Gasteiger partial charge in [0, 0.05) is 10.6 Å². The molecular formula is C25H21ClN2O6S. The number of ketones is 1. The lowest BCUT2D eigenvalue weighted by Crippen LogP contribution is -2.29. The van der Waals surface area contributed by atoms with Crippen molar-refractivity contribution in [2.24, 2.45) is 0 Å². The number of aromatic nitrogens is 1. The molecule has 8 nitrogen and oxygen atoms in total. The summed E-state index contributed by atoms with van der Waals surface area (Å²) in [7, 11) is 1.25. The van der Waals surface area contributed by atoms with Gasteiger partial charge in [-0.05, 0) is 55.8 Å². The second-order valence-electron chi connectivity index (χ2n) is 7.58. The molecule has 0 spiro atoms. The van der Waals surface area contributed by atoms with Crippen molar-refractivity contribution in [2.45, 2.75) is 19.9 Å². The molecule has 0 saturated carbocycles. The Labute approximate surface area is 210 Å². The molecule has 1 atom stereocenters. The van der Waals surface area contributed by atoms with Gasteiger partial charge in [-0.1, -0.05) is 35.1 Å². The number of aliphatic hydroxyl groups is 1. The number of methoxy groups -OCH3 is 1. The highest BCUT2D eigenvalue weighted by atomic mass is 35.5. The number of rotatable bonds is 6. The SMILES string of the molecule is CCOc1ccc(/C(O)=C2/C(=O)C(=O)N(c3nc(C)c(C(=O)OC)s3)C2c2ccc(Cl)cc2)cc1. The minimum absolute atomic E-state index is 0.103. The maximum absolute atomic E-state index is 13.2. The molecule has 2 aromatic carbocycles. The minimum Gasteiger partial charge on any atom is -0.507 e. The van der Waals surface area contributed by atoms with Gasteiger partial charge in [0.1, 0.15) is 16.4 Å². The molecule has 1 N–H and O–H groups in total. The second kappa shape index (κ2) is 9.89. The van der Waals surface area contributed by atoms with Gasteiger partial charge in [-0.3, -0.25) is 14.5 Å². The van der Waals surface area contributed by atoms with Gasteiger partial charge in [0.15, 0.2) is 5.13 Å². The summed E-state index contributed by atoms with van der Waals surface area (Å²) < 4.78 is 10.2. The van der Waals surface area contributed by atoms with Crippen LogP contribution in [-0.2, 0) is 14.3 Å². The van der Waals surface area contributed by atoms with Crippen LogP contribution in [0.1, 0.15) is 39.5 Å². The van der Waals surface area contributed by atoms with E-state index in [9.17, 15) is 19.5 Å². The summed E-state index contributed by atoms with van der Waals surface area (Å²) in [6.45, 7) is 3.95. The molecule has 2 heterocycles. The number of hydrogen-bond donors (Lipinski definition) is 1. The maximum atomic E-state index is 13.2. The summed E-state index contributed by atoms with van der Waals surface area (Å²) in [5.74, 6) is -2.07. The van der Waals surface area contributed by atoms with Crippen LogP contribution in [0.2, 0.25) is 5.02 Å². The fraction of sp³-hybridized carbons (Fsp3) is 0.200. The topological polar surface area (TPSA) is 106 Å². The number of nitrogens with zero attached hydrogens (tertiary/aromatic N) is 2. The number of halogens is 1. The van der Waals surface area contributed by atoms with Crippen LogP contribution in [0.3, 0.4) is 0 Å². The molecule has 0 aliphatic carbocycles. The maximum Gasteiger partial charge on any atom is 0.350 e. The smallest absolute Gasteiger partial charge is 0.350 e. The van der Waals surface area contributed by atoms with Crippen LogP contribution in [0.5, 0.6) is 5.75 Å². The zero-order valence-electron chi connectivity index (χ0n) is 19.1. The Hall–Kier alpha value is -3.69. The van der Waals surface area contributed by atoms with E-state index in [2.05, 4.69) is 4.98 Å². The molecule has 180 valence electrons. The Bertz CT molecular complexity index is 1330. The number of aliphatic hydroxyl groups excluding tert-OH is 1. The van der Waals surface area contributed by atoms with Crippen LogP contribution < -0.4 is 9.64 Å². The molecule has 1 aliphatic heterocycles. The number of carbonyl (C=O) groups excluding carboxylic acids is 3. The van der Waals surface area contributed by atoms with Crippen LogP contribution >= 0.6 is 22.9 Å². The summed E-state index contributed by atoms with van der Waals surface area (Å²) >= 11 is 6.99. The fourth-order valence-corrected chi connectivity index (χ4v) is 4.93. The molecule has 0 radical (unpaired) electrons. The third-order valence-corrected chi connectivity index (χ3v) is 6.82. The molecule has 35 heavy (non-hydrogen) atoms. The van der Waals surface area contributed by atoms with E-state index >= 15 is 0 Å². The van der Waals surface area contributed by atoms with Gasteiger partial charge in [0.05, 0.1) is 31.0 Å². The van der Waals surface area contributed by atoms with Crippen LogP contribution in [0.15, 0.2) is 54.1 Å². The number of hydrogen-bond acceptors (Lipinski definition) is 8. The first-order valence-corrected chi connectivity index (χ1v) is 11.8. The lowest BCUT2D eigenvalue weighted by atomic mass is 9.95. The number of benzene rings is 2. The zero-order chi connectivity index (χ0) is 25.3. The molecule has 1 fully saturated rings. The monoisotopic (exact) mass is 512 g/mol. The van der Waals surface area contributed by atoms with Crippen molar-refractivity contribution in [3.05, 3.63) is 80.8 Å². The summed E-state index contributed by atoms with van der Waals surface area (Å²) in [5.41, 5.74) is 1.14. The summed E-state index contributed by atoms with van der Waals surface area (Å²) in [5, 5.41) is 11.8. The molecule has 1 unspecified atom stereocenters. The van der Waals surface area contributed by atoms with Gasteiger partial charge < -0.3 is 14.6 Å². The Balaban J connectivity index is 1.89. The van der Waals surface area contributed by atoms with Crippen molar-refractivity contribution < 1.29 is 29.0 Å². The first-order chi connectivity index (χ1) is 16.8. The van der Waals surface area contributed by atoms with E-state index in [1.165, 1.54) is 12.0 Å². The third-order valence-electron chi connectivity index (χ3n) is 5.43. The number of anilines is 1. The molecule has 4 rings (SSSR count). The highest BCUT2D eigenvalue weighted by molar-refractivity contribution is 7.17. The van der Waals surface area contributed by atoms with E-state index in [4.69, 9.17) is 21.1 Å². The van der Waals surface area contributed by atoms with Gasteiger partial charge in [0.2, 0.25) is 0 Å². The van der Waals surface area contributed by atoms with Crippen LogP contribution in [0.25, 0.3) is 5.76 Å². The lowest BCUT2D eigenvalue weighted by molar-refractivity contribution is -0.132. The highest BCUT2D eigenvalue weighted by Crippen LogP contribution is 2.44. The summed E-state index contributed by atoms with van der Waals surface area (Å²) in [6, 6.07) is 12.1. The molecule has 1 amide bonds.